The van der Waals surface area contributed by atoms with Crippen molar-refractivity contribution >= 4 is 11.8 Å². The van der Waals surface area contributed by atoms with Crippen molar-refractivity contribution in [2.24, 2.45) is 0 Å². The van der Waals surface area contributed by atoms with Gasteiger partial charge in [-0.05, 0) is 44.9 Å². The smallest absolute Gasteiger partial charge is 0.305 e. The molecule has 0 radical (unpaired) electrons. The standard InChI is InChI=1S/C39H76NO3/c1-5-6-7-8-9-10-11-15-18-21-24-27-30-33-38(41)34-31-28-25-22-19-16-13-12-14-17-20-23-26-29-32-35-39(42)43-37-36-40(2,3)4/h12,14H,5-11,13,15-37H2,1-4H3/q+1/b14-12-. The number of carbonyl (C=O) groups is 2. The SMILES string of the molecule is CCCCCCCCCCCCCCCC(=O)CCCCCCCC/C=C\CCCCCCCC(=O)OCC[N+](C)(C)C. The monoisotopic (exact) mass is 607 g/mol. The molecule has 0 aromatic carbocycles. The highest BCUT2D eigenvalue weighted by Gasteiger charge is 2.09. The van der Waals surface area contributed by atoms with E-state index in [-0.39, 0.29) is 5.97 Å². The van der Waals surface area contributed by atoms with E-state index < -0.39 is 0 Å². The Bertz CT molecular complexity index is 637. The third-order valence-corrected chi connectivity index (χ3v) is 8.58. The van der Waals surface area contributed by atoms with Crippen LogP contribution in [-0.2, 0) is 14.3 Å². The molecule has 0 N–H and O–H groups in total. The van der Waals surface area contributed by atoms with Crippen LogP contribution in [0.3, 0.4) is 0 Å². The Kier molecular flexibility index (Phi) is 31.4. The Labute approximate surface area is 269 Å². The molecular formula is C39H76NO3+. The van der Waals surface area contributed by atoms with Crippen LogP contribution in [0.4, 0.5) is 0 Å². The first kappa shape index (κ1) is 41.8. The van der Waals surface area contributed by atoms with Crippen molar-refractivity contribution in [1.82, 2.24) is 0 Å². The van der Waals surface area contributed by atoms with Crippen LogP contribution in [0.5, 0.6) is 0 Å². The lowest BCUT2D eigenvalue weighted by Gasteiger charge is -2.23. The number of ketones is 1. The van der Waals surface area contributed by atoms with Gasteiger partial charge in [0.25, 0.3) is 0 Å². The number of ether oxygens (including phenoxy) is 1. The predicted octanol–water partition coefficient (Wildman–Crippen LogP) is 11.7. The summed E-state index contributed by atoms with van der Waals surface area (Å²) in [6.45, 7) is 3.67. The van der Waals surface area contributed by atoms with Crippen LogP contribution < -0.4 is 0 Å². The first-order valence-electron chi connectivity index (χ1n) is 19.0. The molecule has 0 aliphatic rings. The first-order chi connectivity index (χ1) is 20.8. The summed E-state index contributed by atoms with van der Waals surface area (Å²) in [5.41, 5.74) is 0. The van der Waals surface area contributed by atoms with Crippen LogP contribution in [0.1, 0.15) is 193 Å². The van der Waals surface area contributed by atoms with Crippen molar-refractivity contribution < 1.29 is 18.8 Å². The number of rotatable bonds is 34. The highest BCUT2D eigenvalue weighted by atomic mass is 16.5. The lowest BCUT2D eigenvalue weighted by atomic mass is 10.0. The van der Waals surface area contributed by atoms with Gasteiger partial charge >= 0.3 is 5.97 Å². The molecule has 0 aromatic rings. The van der Waals surface area contributed by atoms with Gasteiger partial charge in [-0.15, -0.1) is 0 Å². The van der Waals surface area contributed by atoms with E-state index >= 15 is 0 Å². The van der Waals surface area contributed by atoms with Gasteiger partial charge in [0.1, 0.15) is 18.9 Å². The zero-order valence-electron chi connectivity index (χ0n) is 29.7. The molecule has 0 aliphatic heterocycles. The number of hydrogen-bond acceptors (Lipinski definition) is 3. The molecule has 0 saturated carbocycles. The van der Waals surface area contributed by atoms with Crippen molar-refractivity contribution in [1.29, 1.82) is 0 Å². The third kappa shape index (κ3) is 36.9. The molecule has 0 aliphatic carbocycles. The quantitative estimate of drug-likeness (QED) is 0.0317. The van der Waals surface area contributed by atoms with E-state index in [9.17, 15) is 9.59 Å². The molecule has 4 heteroatoms. The second-order valence-electron chi connectivity index (χ2n) is 14.2. The van der Waals surface area contributed by atoms with Crippen LogP contribution in [0, 0.1) is 0 Å². The summed E-state index contributed by atoms with van der Waals surface area (Å²) in [7, 11) is 6.33. The average Bonchev–Trinajstić information content (AvgIpc) is 2.96. The minimum atomic E-state index is -0.0399. The summed E-state index contributed by atoms with van der Waals surface area (Å²) in [5, 5.41) is 0. The number of nitrogens with zero attached hydrogens (tertiary/aromatic N) is 1. The van der Waals surface area contributed by atoms with Crippen molar-refractivity contribution in [2.75, 3.05) is 34.3 Å². The number of hydrogen-bond donors (Lipinski definition) is 0. The van der Waals surface area contributed by atoms with E-state index in [0.29, 0.717) is 18.8 Å². The Balaban J connectivity index is 3.27. The van der Waals surface area contributed by atoms with Gasteiger partial charge in [-0.2, -0.15) is 0 Å². The van der Waals surface area contributed by atoms with Gasteiger partial charge in [0.15, 0.2) is 0 Å². The summed E-state index contributed by atoms with van der Waals surface area (Å²) in [6, 6.07) is 0. The topological polar surface area (TPSA) is 43.4 Å². The van der Waals surface area contributed by atoms with Crippen molar-refractivity contribution in [3.63, 3.8) is 0 Å². The van der Waals surface area contributed by atoms with Gasteiger partial charge in [0.2, 0.25) is 0 Å². The molecule has 0 aromatic heterocycles. The molecule has 0 bridgehead atoms. The van der Waals surface area contributed by atoms with Gasteiger partial charge in [-0.25, -0.2) is 0 Å². The Hall–Kier alpha value is -1.16. The fourth-order valence-electron chi connectivity index (χ4n) is 5.56. The van der Waals surface area contributed by atoms with Crippen LogP contribution in [-0.4, -0.2) is 50.5 Å². The summed E-state index contributed by atoms with van der Waals surface area (Å²) < 4.78 is 6.14. The van der Waals surface area contributed by atoms with Crippen LogP contribution in [0.15, 0.2) is 12.2 Å². The number of esters is 1. The first-order valence-corrected chi connectivity index (χ1v) is 19.0. The third-order valence-electron chi connectivity index (χ3n) is 8.58. The summed E-state index contributed by atoms with van der Waals surface area (Å²) in [5.74, 6) is 0.460. The highest BCUT2D eigenvalue weighted by molar-refractivity contribution is 5.78. The van der Waals surface area contributed by atoms with Crippen molar-refractivity contribution in [2.45, 2.75) is 193 Å². The van der Waals surface area contributed by atoms with Gasteiger partial charge < -0.3 is 9.22 Å². The summed E-state index contributed by atoms with van der Waals surface area (Å²) in [4.78, 5) is 23.9. The second kappa shape index (κ2) is 32.2. The van der Waals surface area contributed by atoms with Crippen LogP contribution in [0.2, 0.25) is 0 Å². The van der Waals surface area contributed by atoms with Gasteiger partial charge in [0.05, 0.1) is 21.1 Å². The van der Waals surface area contributed by atoms with Gasteiger partial charge in [-0.3, -0.25) is 9.59 Å². The number of carbonyl (C=O) groups excluding carboxylic acids is 2. The number of Topliss-reactive ketones (excluding diaryl/α,β-unsaturated/α-hetero) is 1. The van der Waals surface area contributed by atoms with Crippen LogP contribution >= 0.6 is 0 Å². The zero-order valence-corrected chi connectivity index (χ0v) is 29.7. The lowest BCUT2D eigenvalue weighted by Crippen LogP contribution is -2.37. The Morgan fingerprint density at radius 3 is 1.23 bits per heavy atom. The van der Waals surface area contributed by atoms with E-state index in [0.717, 1.165) is 49.6 Å². The number of allylic oxidation sites excluding steroid dienone is 2. The molecule has 0 spiro atoms. The number of quaternary nitrogens is 1. The molecule has 4 nitrogen and oxygen atoms in total. The fourth-order valence-corrected chi connectivity index (χ4v) is 5.56. The minimum absolute atomic E-state index is 0.0399. The number of likely N-dealkylation sites (N-methyl/N-ethyl adjacent to an activating group) is 1. The summed E-state index contributed by atoms with van der Waals surface area (Å²) >= 11 is 0. The van der Waals surface area contributed by atoms with E-state index in [1.54, 1.807) is 0 Å². The lowest BCUT2D eigenvalue weighted by molar-refractivity contribution is -0.870. The fraction of sp³-hybridized carbons (Fsp3) is 0.897. The Morgan fingerprint density at radius 2 is 0.837 bits per heavy atom. The Morgan fingerprint density at radius 1 is 0.488 bits per heavy atom. The van der Waals surface area contributed by atoms with E-state index in [1.807, 2.05) is 0 Å². The predicted molar refractivity (Wildman–Crippen MR) is 188 cm³/mol. The molecule has 43 heavy (non-hydrogen) atoms. The molecule has 0 fully saturated rings. The molecule has 0 rings (SSSR count). The number of unbranched alkanes of at least 4 members (excludes halogenated alkanes) is 23. The van der Waals surface area contributed by atoms with Crippen molar-refractivity contribution in [3.8, 4) is 0 Å². The molecule has 0 saturated heterocycles. The van der Waals surface area contributed by atoms with E-state index in [2.05, 4.69) is 40.2 Å². The molecule has 0 amide bonds. The van der Waals surface area contributed by atoms with Gasteiger partial charge in [-0.1, -0.05) is 141 Å². The molecule has 0 heterocycles. The minimum Gasteiger partial charge on any atom is -0.460 e. The zero-order chi connectivity index (χ0) is 31.7. The molecular weight excluding hydrogens is 530 g/mol. The van der Waals surface area contributed by atoms with E-state index in [1.165, 1.54) is 141 Å². The normalized spacial score (nSPS) is 11.9. The van der Waals surface area contributed by atoms with Gasteiger partial charge in [0, 0.05) is 19.3 Å². The average molecular weight is 607 g/mol. The maximum Gasteiger partial charge on any atom is 0.305 e. The second-order valence-corrected chi connectivity index (χ2v) is 14.2. The van der Waals surface area contributed by atoms with Crippen molar-refractivity contribution in [3.05, 3.63) is 12.2 Å². The maximum atomic E-state index is 12.1. The molecule has 0 unspecified atom stereocenters. The highest BCUT2D eigenvalue weighted by Crippen LogP contribution is 2.15. The summed E-state index contributed by atoms with van der Waals surface area (Å²) in [6.07, 6.45) is 40.3. The van der Waals surface area contributed by atoms with E-state index in [4.69, 9.17) is 4.74 Å². The molecule has 0 atom stereocenters. The molecule has 254 valence electrons. The maximum absolute atomic E-state index is 12.1. The van der Waals surface area contributed by atoms with Crippen LogP contribution in [0.25, 0.3) is 0 Å². The largest absolute Gasteiger partial charge is 0.460 e.